The van der Waals surface area contributed by atoms with Crippen LogP contribution in [0.3, 0.4) is 0 Å². The Morgan fingerprint density at radius 3 is 1.36 bits per heavy atom. The normalized spacial score (nSPS) is 21.1. The lowest BCUT2D eigenvalue weighted by molar-refractivity contribution is -0.146. The van der Waals surface area contributed by atoms with Crippen LogP contribution in [0.4, 0.5) is 9.59 Å². The van der Waals surface area contributed by atoms with E-state index < -0.39 is 60.0 Å². The van der Waals surface area contributed by atoms with Crippen LogP contribution in [0.1, 0.15) is 53.4 Å². The molecule has 1 aliphatic heterocycles. The highest BCUT2D eigenvalue weighted by Crippen LogP contribution is 2.23. The maximum absolute atomic E-state index is 13.1. The number of hydrogen-bond donors (Lipinski definition) is 6. The van der Waals surface area contributed by atoms with Crippen molar-refractivity contribution in [3.8, 4) is 0 Å². The van der Waals surface area contributed by atoms with Crippen LogP contribution >= 0.6 is 21.6 Å². The molecular weight excluding hydrogens is 588 g/mol. The molecule has 16 heteroatoms. The summed E-state index contributed by atoms with van der Waals surface area (Å²) in [5.74, 6) is -2.67. The number of rotatable bonds is 8. The van der Waals surface area contributed by atoms with E-state index in [1.807, 2.05) is 0 Å². The minimum atomic E-state index is -1.01. The van der Waals surface area contributed by atoms with E-state index in [0.717, 1.165) is 12.8 Å². The summed E-state index contributed by atoms with van der Waals surface area (Å²) in [4.78, 5) is 75.8. The maximum atomic E-state index is 13.1. The van der Waals surface area contributed by atoms with Crippen LogP contribution in [0, 0.1) is 11.8 Å². The third kappa shape index (κ3) is 13.9. The van der Waals surface area contributed by atoms with Crippen molar-refractivity contribution in [2.45, 2.75) is 77.5 Å². The van der Waals surface area contributed by atoms with Gasteiger partial charge in [0.1, 0.15) is 24.2 Å². The van der Waals surface area contributed by atoms with Gasteiger partial charge in [0.05, 0.1) is 14.2 Å². The van der Waals surface area contributed by atoms with Crippen molar-refractivity contribution < 1.29 is 38.2 Å². The van der Waals surface area contributed by atoms with Crippen LogP contribution in [-0.4, -0.2) is 98.8 Å². The van der Waals surface area contributed by atoms with Gasteiger partial charge in [0.15, 0.2) is 0 Å². The van der Waals surface area contributed by atoms with Crippen molar-refractivity contribution >= 4 is 57.4 Å². The SMILES string of the molecule is COC(=O)[C@@H](NC(=O)C1CSSC[C@@H](C(=O)N[C@H](C(=O)OC)C(C)C)NC(=O)NCCCCCCNC(=O)N1)C(C)C. The summed E-state index contributed by atoms with van der Waals surface area (Å²) in [6.07, 6.45) is 3.03. The largest absolute Gasteiger partial charge is 0.467 e. The van der Waals surface area contributed by atoms with Crippen molar-refractivity contribution in [2.24, 2.45) is 11.8 Å². The van der Waals surface area contributed by atoms with Gasteiger partial charge in [-0.25, -0.2) is 19.2 Å². The van der Waals surface area contributed by atoms with Gasteiger partial charge in [-0.15, -0.1) is 0 Å². The highest BCUT2D eigenvalue weighted by molar-refractivity contribution is 8.76. The summed E-state index contributed by atoms with van der Waals surface area (Å²) >= 11 is 0. The topological polar surface area (TPSA) is 193 Å². The van der Waals surface area contributed by atoms with E-state index in [-0.39, 0.29) is 23.3 Å². The second kappa shape index (κ2) is 20.1. The van der Waals surface area contributed by atoms with Crippen LogP contribution in [-0.2, 0) is 28.7 Å². The minimum Gasteiger partial charge on any atom is -0.467 e. The number of hydrogen-bond acceptors (Lipinski definition) is 10. The molecule has 0 bridgehead atoms. The summed E-state index contributed by atoms with van der Waals surface area (Å²) in [7, 11) is 4.85. The second-order valence-electron chi connectivity index (χ2n) is 10.4. The smallest absolute Gasteiger partial charge is 0.328 e. The highest BCUT2D eigenvalue weighted by Gasteiger charge is 2.31. The zero-order valence-electron chi connectivity index (χ0n) is 25.2. The molecule has 42 heavy (non-hydrogen) atoms. The quantitative estimate of drug-likeness (QED) is 0.165. The molecule has 0 radical (unpaired) electrons. The summed E-state index contributed by atoms with van der Waals surface area (Å²) in [6, 6.07) is -4.87. The third-order valence-electron chi connectivity index (χ3n) is 6.31. The Balaban J connectivity index is 3.07. The Kier molecular flexibility index (Phi) is 17.8. The van der Waals surface area contributed by atoms with Crippen LogP contribution in [0.2, 0.25) is 0 Å². The first kappa shape index (κ1) is 37.1. The Morgan fingerprint density at radius 2 is 1.05 bits per heavy atom. The molecule has 1 fully saturated rings. The number of amides is 6. The monoisotopic (exact) mass is 634 g/mol. The van der Waals surface area contributed by atoms with Crippen molar-refractivity contribution in [3.05, 3.63) is 0 Å². The molecule has 1 heterocycles. The van der Waals surface area contributed by atoms with Crippen LogP contribution < -0.4 is 31.9 Å². The molecule has 14 nitrogen and oxygen atoms in total. The molecule has 6 N–H and O–H groups in total. The first-order valence-corrected chi connectivity index (χ1v) is 16.5. The summed E-state index contributed by atoms with van der Waals surface area (Å²) in [5.41, 5.74) is 0. The van der Waals surface area contributed by atoms with Crippen molar-refractivity contribution in [2.75, 3.05) is 38.8 Å². The minimum absolute atomic E-state index is 0.0905. The number of urea groups is 2. The first-order chi connectivity index (χ1) is 19.9. The zero-order valence-corrected chi connectivity index (χ0v) is 26.8. The van der Waals surface area contributed by atoms with E-state index in [2.05, 4.69) is 31.9 Å². The van der Waals surface area contributed by atoms with Crippen LogP contribution in [0.5, 0.6) is 0 Å². The molecule has 240 valence electrons. The molecular formula is C26H46N6O8S2. The Hall–Kier alpha value is -2.88. The average Bonchev–Trinajstić information content (AvgIpc) is 2.94. The van der Waals surface area contributed by atoms with Gasteiger partial charge in [0.2, 0.25) is 11.8 Å². The number of carbonyl (C=O) groups excluding carboxylic acids is 6. The Morgan fingerprint density at radius 1 is 0.690 bits per heavy atom. The highest BCUT2D eigenvalue weighted by atomic mass is 33.1. The fourth-order valence-electron chi connectivity index (χ4n) is 3.78. The zero-order chi connectivity index (χ0) is 31.7. The molecule has 0 aromatic heterocycles. The van der Waals surface area contributed by atoms with E-state index in [1.165, 1.54) is 35.8 Å². The van der Waals surface area contributed by atoms with E-state index >= 15 is 0 Å². The van der Waals surface area contributed by atoms with Crippen molar-refractivity contribution in [3.63, 3.8) is 0 Å². The van der Waals surface area contributed by atoms with Gasteiger partial charge in [-0.05, 0) is 24.7 Å². The summed E-state index contributed by atoms with van der Waals surface area (Å²) in [5, 5.41) is 16.1. The lowest BCUT2D eigenvalue weighted by atomic mass is 10.0. The second-order valence-corrected chi connectivity index (χ2v) is 12.9. The van der Waals surface area contributed by atoms with E-state index in [0.29, 0.717) is 25.9 Å². The van der Waals surface area contributed by atoms with Gasteiger partial charge in [0, 0.05) is 24.6 Å². The molecule has 1 unspecified atom stereocenters. The molecule has 6 amide bonds. The lowest BCUT2D eigenvalue weighted by Crippen LogP contribution is -2.56. The van der Waals surface area contributed by atoms with Gasteiger partial charge in [0.25, 0.3) is 0 Å². The van der Waals surface area contributed by atoms with Crippen LogP contribution in [0.15, 0.2) is 0 Å². The molecule has 0 spiro atoms. The molecule has 1 saturated heterocycles. The Bertz CT molecular complexity index is 851. The van der Waals surface area contributed by atoms with E-state index in [4.69, 9.17) is 9.47 Å². The molecule has 1 aliphatic rings. The van der Waals surface area contributed by atoms with E-state index in [1.54, 1.807) is 27.7 Å². The van der Waals surface area contributed by atoms with Gasteiger partial charge in [-0.3, -0.25) is 9.59 Å². The van der Waals surface area contributed by atoms with Crippen LogP contribution in [0.25, 0.3) is 0 Å². The standard InChI is InChI=1S/C26H46N6O8S2/c1-15(2)19(23(35)39-5)31-21(33)17-13-41-42-14-18(22(34)32-20(16(3)4)24(36)40-6)30-26(38)28-12-10-8-7-9-11-27-25(37)29-17/h15-20H,7-14H2,1-6H3,(H,31,33)(H,32,34)(H2,27,29,37)(H2,28,30,38)/t17-,18?,19-,20-/m0/s1. The summed E-state index contributed by atoms with van der Waals surface area (Å²) in [6.45, 7) is 7.85. The molecule has 0 aromatic rings. The van der Waals surface area contributed by atoms with Crippen molar-refractivity contribution in [1.82, 2.24) is 31.9 Å². The van der Waals surface area contributed by atoms with E-state index in [9.17, 15) is 28.8 Å². The molecule has 1 rings (SSSR count). The molecule has 0 saturated carbocycles. The van der Waals surface area contributed by atoms with Gasteiger partial charge in [-0.2, -0.15) is 0 Å². The number of esters is 2. The first-order valence-electron chi connectivity index (χ1n) is 14.0. The average molecular weight is 635 g/mol. The van der Waals surface area contributed by atoms with Crippen molar-refractivity contribution in [1.29, 1.82) is 0 Å². The number of ether oxygens (including phenoxy) is 2. The number of methoxy groups -OCH3 is 2. The predicted octanol–water partition coefficient (Wildman–Crippen LogP) is 0.905. The molecule has 4 atom stereocenters. The molecule has 0 aliphatic carbocycles. The maximum Gasteiger partial charge on any atom is 0.328 e. The summed E-state index contributed by atoms with van der Waals surface area (Å²) < 4.78 is 9.60. The van der Waals surface area contributed by atoms with Gasteiger partial charge < -0.3 is 41.4 Å². The molecule has 0 aromatic carbocycles. The fourth-order valence-corrected chi connectivity index (χ4v) is 6.11. The Labute approximate surface area is 255 Å². The fraction of sp³-hybridized carbons (Fsp3) is 0.769. The lowest BCUT2D eigenvalue weighted by Gasteiger charge is -2.25. The number of carbonyl (C=O) groups is 6. The number of nitrogens with one attached hydrogen (secondary N) is 6. The third-order valence-corrected chi connectivity index (χ3v) is 8.73. The predicted molar refractivity (Wildman–Crippen MR) is 162 cm³/mol. The van der Waals surface area contributed by atoms with Gasteiger partial charge in [-0.1, -0.05) is 62.1 Å². The van der Waals surface area contributed by atoms with Gasteiger partial charge >= 0.3 is 24.0 Å².